The fourth-order valence-electron chi connectivity index (χ4n) is 5.46. The Balaban J connectivity index is 1.27. The fourth-order valence-corrected chi connectivity index (χ4v) is 5.46. The Hall–Kier alpha value is -2.37. The van der Waals surface area contributed by atoms with Gasteiger partial charge in [-0.05, 0) is 43.1 Å². The van der Waals surface area contributed by atoms with E-state index in [1.807, 2.05) is 40.1 Å². The zero-order valence-corrected chi connectivity index (χ0v) is 17.1. The van der Waals surface area contributed by atoms with E-state index in [1.165, 1.54) is 12.8 Å². The average Bonchev–Trinajstić information content (AvgIpc) is 3.26. The van der Waals surface area contributed by atoms with Crippen molar-refractivity contribution in [3.63, 3.8) is 0 Å². The standard InChI is InChI=1S/C23H30N4O2/c1-2-20-25-23(21(28)27(20)13-17-8-9-17)11-10-18-14-26(15-19(18)23)22(29)24-12-16-6-4-3-5-7-16/h3-7,17-19H,2,8-15H2,1H3,(H,24,29)/t18-,19+,23-/m1/s1. The van der Waals surface area contributed by atoms with E-state index in [4.69, 9.17) is 4.99 Å². The van der Waals surface area contributed by atoms with E-state index in [2.05, 4.69) is 12.2 Å². The molecule has 6 heteroatoms. The molecule has 6 nitrogen and oxygen atoms in total. The summed E-state index contributed by atoms with van der Waals surface area (Å²) in [7, 11) is 0. The van der Waals surface area contributed by atoms with Crippen molar-refractivity contribution in [2.75, 3.05) is 19.6 Å². The first-order chi connectivity index (χ1) is 14.1. The van der Waals surface area contributed by atoms with Crippen molar-refractivity contribution in [1.82, 2.24) is 15.1 Å². The Morgan fingerprint density at radius 1 is 1.21 bits per heavy atom. The molecule has 3 fully saturated rings. The third-order valence-corrected chi connectivity index (χ3v) is 7.23. The lowest BCUT2D eigenvalue weighted by molar-refractivity contribution is -0.132. The number of hydrogen-bond acceptors (Lipinski definition) is 3. The molecule has 1 aromatic carbocycles. The van der Waals surface area contributed by atoms with Crippen molar-refractivity contribution in [3.05, 3.63) is 35.9 Å². The van der Waals surface area contributed by atoms with Gasteiger partial charge in [-0.25, -0.2) is 4.79 Å². The summed E-state index contributed by atoms with van der Waals surface area (Å²) in [4.78, 5) is 35.2. The average molecular weight is 395 g/mol. The van der Waals surface area contributed by atoms with Gasteiger partial charge in [0.05, 0.1) is 0 Å². The van der Waals surface area contributed by atoms with E-state index in [9.17, 15) is 9.59 Å². The molecule has 1 saturated heterocycles. The molecule has 2 aliphatic carbocycles. The van der Waals surface area contributed by atoms with E-state index in [0.29, 0.717) is 24.9 Å². The van der Waals surface area contributed by atoms with Crippen LogP contribution in [0.2, 0.25) is 0 Å². The summed E-state index contributed by atoms with van der Waals surface area (Å²) in [5, 5.41) is 3.04. The van der Waals surface area contributed by atoms with Crippen LogP contribution in [-0.4, -0.2) is 52.7 Å². The van der Waals surface area contributed by atoms with Crippen molar-refractivity contribution in [2.24, 2.45) is 22.7 Å². The number of rotatable bonds is 5. The van der Waals surface area contributed by atoms with Crippen LogP contribution in [0.4, 0.5) is 4.79 Å². The number of urea groups is 1. The van der Waals surface area contributed by atoms with Crippen molar-refractivity contribution >= 4 is 17.8 Å². The van der Waals surface area contributed by atoms with E-state index >= 15 is 0 Å². The quantitative estimate of drug-likeness (QED) is 0.834. The first-order valence-electron chi connectivity index (χ1n) is 11.1. The maximum absolute atomic E-state index is 13.5. The van der Waals surface area contributed by atoms with Crippen LogP contribution < -0.4 is 5.32 Å². The van der Waals surface area contributed by atoms with Crippen molar-refractivity contribution in [2.45, 2.75) is 51.1 Å². The number of nitrogens with one attached hydrogen (secondary N) is 1. The van der Waals surface area contributed by atoms with Gasteiger partial charge in [0, 0.05) is 38.5 Å². The first-order valence-corrected chi connectivity index (χ1v) is 11.1. The van der Waals surface area contributed by atoms with Gasteiger partial charge in [-0.1, -0.05) is 37.3 Å². The Kier molecular flexibility index (Phi) is 4.60. The van der Waals surface area contributed by atoms with Gasteiger partial charge in [0.25, 0.3) is 5.91 Å². The summed E-state index contributed by atoms with van der Waals surface area (Å²) in [6.07, 6.45) is 5.09. The second-order valence-corrected chi connectivity index (χ2v) is 9.12. The minimum Gasteiger partial charge on any atom is -0.334 e. The predicted molar refractivity (Wildman–Crippen MR) is 111 cm³/mol. The third kappa shape index (κ3) is 3.22. The number of carbonyl (C=O) groups is 2. The van der Waals surface area contributed by atoms with Crippen molar-refractivity contribution < 1.29 is 9.59 Å². The highest BCUT2D eigenvalue weighted by Gasteiger charge is 2.61. The summed E-state index contributed by atoms with van der Waals surface area (Å²) in [5.41, 5.74) is 0.481. The maximum atomic E-state index is 13.5. The summed E-state index contributed by atoms with van der Waals surface area (Å²) in [6.45, 7) is 4.83. The molecule has 2 saturated carbocycles. The topological polar surface area (TPSA) is 65.0 Å². The van der Waals surface area contributed by atoms with Crippen LogP contribution in [0.25, 0.3) is 0 Å². The predicted octanol–water partition coefficient (Wildman–Crippen LogP) is 3.04. The molecule has 3 amide bonds. The highest BCUT2D eigenvalue weighted by Crippen LogP contribution is 2.51. The van der Waals surface area contributed by atoms with Crippen LogP contribution in [0.15, 0.2) is 35.3 Å². The van der Waals surface area contributed by atoms with E-state index < -0.39 is 5.54 Å². The number of hydrogen-bond donors (Lipinski definition) is 1. The van der Waals surface area contributed by atoms with Gasteiger partial charge in [-0.3, -0.25) is 14.7 Å². The molecule has 4 aliphatic rings. The highest BCUT2D eigenvalue weighted by atomic mass is 16.2. The Morgan fingerprint density at radius 3 is 2.72 bits per heavy atom. The number of fused-ring (bicyclic) bond motifs is 2. The molecule has 0 aromatic heterocycles. The fraction of sp³-hybridized carbons (Fsp3) is 0.609. The second kappa shape index (κ2) is 7.15. The molecule has 1 N–H and O–H groups in total. The van der Waals surface area contributed by atoms with Crippen LogP contribution in [0.5, 0.6) is 0 Å². The van der Waals surface area contributed by atoms with Gasteiger partial charge in [0.1, 0.15) is 11.4 Å². The molecule has 154 valence electrons. The number of likely N-dealkylation sites (tertiary alicyclic amines) is 1. The van der Waals surface area contributed by atoms with Gasteiger partial charge in [-0.2, -0.15) is 0 Å². The van der Waals surface area contributed by atoms with Crippen molar-refractivity contribution in [1.29, 1.82) is 0 Å². The summed E-state index contributed by atoms with van der Waals surface area (Å²) in [6, 6.07) is 9.93. The molecule has 1 aromatic rings. The molecule has 2 aliphatic heterocycles. The summed E-state index contributed by atoms with van der Waals surface area (Å²) < 4.78 is 0. The SMILES string of the molecule is CCC1=N[C@@]2(CC[C@@H]3CN(C(=O)NCc4ccccc4)C[C@@H]32)C(=O)N1CC1CC1. The Morgan fingerprint density at radius 2 is 2.00 bits per heavy atom. The zero-order valence-electron chi connectivity index (χ0n) is 17.1. The lowest BCUT2D eigenvalue weighted by atomic mass is 9.85. The van der Waals surface area contributed by atoms with Crippen LogP contribution in [-0.2, 0) is 11.3 Å². The van der Waals surface area contributed by atoms with Gasteiger partial charge in [-0.15, -0.1) is 0 Å². The molecule has 0 radical (unpaired) electrons. The number of carbonyl (C=O) groups excluding carboxylic acids is 2. The summed E-state index contributed by atoms with van der Waals surface area (Å²) in [5.74, 6) is 2.37. The highest BCUT2D eigenvalue weighted by molar-refractivity contribution is 6.08. The van der Waals surface area contributed by atoms with Crippen LogP contribution in [0.3, 0.4) is 0 Å². The van der Waals surface area contributed by atoms with E-state index in [-0.39, 0.29) is 17.9 Å². The second-order valence-electron chi connectivity index (χ2n) is 9.12. The van der Waals surface area contributed by atoms with Gasteiger partial charge in [0.15, 0.2) is 0 Å². The monoisotopic (exact) mass is 394 g/mol. The number of amidine groups is 1. The van der Waals surface area contributed by atoms with Crippen LogP contribution in [0.1, 0.15) is 44.6 Å². The minimum absolute atomic E-state index is 0.0293. The lowest BCUT2D eigenvalue weighted by Gasteiger charge is -2.28. The lowest BCUT2D eigenvalue weighted by Crippen LogP contribution is -2.48. The Bertz CT molecular complexity index is 835. The Labute approximate surface area is 172 Å². The number of nitrogens with zero attached hydrogens (tertiary/aromatic N) is 3. The molecule has 2 heterocycles. The van der Waals surface area contributed by atoms with Gasteiger partial charge < -0.3 is 10.2 Å². The van der Waals surface area contributed by atoms with E-state index in [0.717, 1.165) is 43.8 Å². The largest absolute Gasteiger partial charge is 0.334 e. The third-order valence-electron chi connectivity index (χ3n) is 7.23. The molecule has 29 heavy (non-hydrogen) atoms. The van der Waals surface area contributed by atoms with Gasteiger partial charge in [0.2, 0.25) is 0 Å². The van der Waals surface area contributed by atoms with Crippen molar-refractivity contribution in [3.8, 4) is 0 Å². The zero-order chi connectivity index (χ0) is 20.0. The number of amides is 3. The molecule has 3 atom stereocenters. The van der Waals surface area contributed by atoms with E-state index in [1.54, 1.807) is 0 Å². The smallest absolute Gasteiger partial charge is 0.317 e. The molecular formula is C23H30N4O2. The van der Waals surface area contributed by atoms with Crippen LogP contribution >= 0.6 is 0 Å². The molecule has 5 rings (SSSR count). The molecule has 1 spiro atoms. The number of benzene rings is 1. The minimum atomic E-state index is -0.612. The normalized spacial score (nSPS) is 30.8. The van der Waals surface area contributed by atoms with Crippen LogP contribution in [0, 0.1) is 17.8 Å². The molecule has 0 unspecified atom stereocenters. The number of aliphatic imine (C=N–C) groups is 1. The molecular weight excluding hydrogens is 364 g/mol. The summed E-state index contributed by atoms with van der Waals surface area (Å²) >= 11 is 0. The molecule has 0 bridgehead atoms. The van der Waals surface area contributed by atoms with Gasteiger partial charge >= 0.3 is 6.03 Å². The first kappa shape index (κ1) is 18.6. The maximum Gasteiger partial charge on any atom is 0.317 e.